The van der Waals surface area contributed by atoms with Crippen molar-refractivity contribution in [2.45, 2.75) is 37.5 Å². The van der Waals surface area contributed by atoms with Gasteiger partial charge in [0.1, 0.15) is 5.84 Å². The first-order chi connectivity index (χ1) is 16.2. The van der Waals surface area contributed by atoms with Crippen LogP contribution in [0.1, 0.15) is 37.3 Å². The van der Waals surface area contributed by atoms with E-state index >= 15 is 0 Å². The molecule has 0 saturated heterocycles. The second kappa shape index (κ2) is 11.1. The number of nitrogen functional groups attached to an aromatic ring is 1. The van der Waals surface area contributed by atoms with Crippen LogP contribution in [0.25, 0.3) is 11.1 Å². The van der Waals surface area contributed by atoms with Crippen molar-refractivity contribution in [2.75, 3.05) is 5.32 Å². The summed E-state index contributed by atoms with van der Waals surface area (Å²) in [5.41, 5.74) is 9.03. The first-order valence-corrected chi connectivity index (χ1v) is 12.7. The number of nitrogens with one attached hydrogen (secondary N) is 2. The number of anilines is 1. The van der Waals surface area contributed by atoms with Crippen LogP contribution in [0.4, 0.5) is 5.69 Å². The van der Waals surface area contributed by atoms with Crippen molar-refractivity contribution in [1.82, 2.24) is 0 Å². The van der Waals surface area contributed by atoms with E-state index in [9.17, 15) is 13.2 Å². The summed E-state index contributed by atoms with van der Waals surface area (Å²) in [6.07, 6.45) is 3.20. The lowest BCUT2D eigenvalue weighted by Crippen LogP contribution is -2.25. The number of amides is 1. The highest BCUT2D eigenvalue weighted by Gasteiger charge is 2.20. The molecule has 0 aliphatic carbocycles. The molecular formula is C26H30N4O3S. The maximum atomic E-state index is 13.1. The fourth-order valence-electron chi connectivity index (χ4n) is 3.86. The Balaban J connectivity index is 1.77. The zero-order valence-corrected chi connectivity index (χ0v) is 19.9. The maximum Gasteiger partial charge on any atom is 0.238 e. The van der Waals surface area contributed by atoms with Crippen LogP contribution >= 0.6 is 0 Å². The Kier molecular flexibility index (Phi) is 8.20. The predicted molar refractivity (Wildman–Crippen MR) is 136 cm³/mol. The highest BCUT2D eigenvalue weighted by Crippen LogP contribution is 2.28. The van der Waals surface area contributed by atoms with Gasteiger partial charge in [-0.3, -0.25) is 10.2 Å². The molecule has 1 atom stereocenters. The van der Waals surface area contributed by atoms with Crippen LogP contribution in [-0.4, -0.2) is 20.2 Å². The zero-order chi connectivity index (χ0) is 24.7. The molecule has 0 aliphatic rings. The molecule has 3 aromatic carbocycles. The van der Waals surface area contributed by atoms with Gasteiger partial charge < -0.3 is 11.1 Å². The van der Waals surface area contributed by atoms with Crippen LogP contribution in [0.5, 0.6) is 0 Å². The largest absolute Gasteiger partial charge is 0.384 e. The summed E-state index contributed by atoms with van der Waals surface area (Å²) in [5.74, 6) is -0.315. The van der Waals surface area contributed by atoms with Crippen LogP contribution in [0.3, 0.4) is 0 Å². The topological polar surface area (TPSA) is 139 Å². The highest BCUT2D eigenvalue weighted by molar-refractivity contribution is 7.89. The summed E-state index contributed by atoms with van der Waals surface area (Å²) in [6.45, 7) is 2.09. The average Bonchev–Trinajstić information content (AvgIpc) is 2.82. The molecule has 0 saturated carbocycles. The minimum atomic E-state index is -3.86. The van der Waals surface area contributed by atoms with Crippen molar-refractivity contribution in [3.63, 3.8) is 0 Å². The Labute approximate surface area is 200 Å². The molecule has 6 N–H and O–H groups in total. The summed E-state index contributed by atoms with van der Waals surface area (Å²) in [4.78, 5) is 13.2. The lowest BCUT2D eigenvalue weighted by molar-refractivity contribution is -0.120. The molecular weight excluding hydrogens is 448 g/mol. The molecule has 0 heterocycles. The molecule has 1 amide bonds. The number of primary sulfonamides is 1. The van der Waals surface area contributed by atoms with Crippen LogP contribution < -0.4 is 16.2 Å². The molecule has 0 aliphatic heterocycles. The number of unbranched alkanes of at least 4 members (excludes halogenated alkanes) is 1. The summed E-state index contributed by atoms with van der Waals surface area (Å²) in [6, 6.07) is 21.0. The van der Waals surface area contributed by atoms with Gasteiger partial charge >= 0.3 is 0 Å². The quantitative estimate of drug-likeness (QED) is 0.255. The van der Waals surface area contributed by atoms with Gasteiger partial charge in [-0.05, 0) is 48.2 Å². The molecule has 34 heavy (non-hydrogen) atoms. The van der Waals surface area contributed by atoms with Crippen molar-refractivity contribution in [2.24, 2.45) is 16.8 Å². The number of benzene rings is 3. The minimum Gasteiger partial charge on any atom is -0.384 e. The van der Waals surface area contributed by atoms with Gasteiger partial charge in [0.15, 0.2) is 0 Å². The van der Waals surface area contributed by atoms with E-state index in [1.807, 2.05) is 18.2 Å². The number of rotatable bonds is 10. The highest BCUT2D eigenvalue weighted by atomic mass is 32.2. The monoisotopic (exact) mass is 478 g/mol. The van der Waals surface area contributed by atoms with Gasteiger partial charge in [-0.1, -0.05) is 68.3 Å². The minimum absolute atomic E-state index is 0.000471. The third-order valence-electron chi connectivity index (χ3n) is 5.65. The van der Waals surface area contributed by atoms with Gasteiger partial charge in [-0.2, -0.15) is 0 Å². The second-order valence-corrected chi connectivity index (χ2v) is 9.79. The van der Waals surface area contributed by atoms with E-state index in [1.165, 1.54) is 6.07 Å². The Morgan fingerprint density at radius 1 is 1.03 bits per heavy atom. The second-order valence-electron chi connectivity index (χ2n) is 8.27. The molecule has 7 nitrogen and oxygen atoms in total. The van der Waals surface area contributed by atoms with Gasteiger partial charge in [-0.25, -0.2) is 13.6 Å². The van der Waals surface area contributed by atoms with E-state index in [0.717, 1.165) is 24.8 Å². The molecule has 1 unspecified atom stereocenters. The SMILES string of the molecule is CCCCC(Cc1cccc(C(=N)N)c1)C(=O)Nc1ccc(-c2ccccc2S(N)(=O)=O)cc1. The fourth-order valence-corrected chi connectivity index (χ4v) is 4.62. The summed E-state index contributed by atoms with van der Waals surface area (Å²) in [5, 5.41) is 16.0. The zero-order valence-electron chi connectivity index (χ0n) is 19.1. The number of hydrogen-bond acceptors (Lipinski definition) is 4. The lowest BCUT2D eigenvalue weighted by atomic mass is 9.92. The normalized spacial score (nSPS) is 12.2. The van der Waals surface area contributed by atoms with Gasteiger partial charge in [-0.15, -0.1) is 0 Å². The molecule has 0 spiro atoms. The Morgan fingerprint density at radius 3 is 2.38 bits per heavy atom. The van der Waals surface area contributed by atoms with Crippen molar-refractivity contribution in [1.29, 1.82) is 5.41 Å². The molecule has 0 aromatic heterocycles. The number of amidine groups is 1. The molecule has 0 radical (unpaired) electrons. The van der Waals surface area contributed by atoms with Crippen molar-refractivity contribution in [3.05, 3.63) is 83.9 Å². The average molecular weight is 479 g/mol. The predicted octanol–water partition coefficient (Wildman–Crippen LogP) is 4.27. The first-order valence-electron chi connectivity index (χ1n) is 11.2. The van der Waals surface area contributed by atoms with Crippen LogP contribution in [-0.2, 0) is 21.2 Å². The van der Waals surface area contributed by atoms with Crippen molar-refractivity contribution < 1.29 is 13.2 Å². The Hall–Kier alpha value is -3.49. The van der Waals surface area contributed by atoms with Crippen LogP contribution in [0.2, 0.25) is 0 Å². The maximum absolute atomic E-state index is 13.1. The van der Waals surface area contributed by atoms with E-state index < -0.39 is 10.0 Å². The molecule has 0 fully saturated rings. The Morgan fingerprint density at radius 2 is 1.74 bits per heavy atom. The third kappa shape index (κ3) is 6.52. The molecule has 3 aromatic rings. The van der Waals surface area contributed by atoms with E-state index in [0.29, 0.717) is 28.8 Å². The Bertz CT molecular complexity index is 1270. The van der Waals surface area contributed by atoms with E-state index in [-0.39, 0.29) is 22.6 Å². The van der Waals surface area contributed by atoms with E-state index in [4.69, 9.17) is 16.3 Å². The number of nitrogens with two attached hydrogens (primary N) is 2. The van der Waals surface area contributed by atoms with Gasteiger partial charge in [0, 0.05) is 22.7 Å². The van der Waals surface area contributed by atoms with Crippen molar-refractivity contribution >= 4 is 27.5 Å². The number of carbonyl (C=O) groups is 1. The van der Waals surface area contributed by atoms with Gasteiger partial charge in [0.2, 0.25) is 15.9 Å². The van der Waals surface area contributed by atoms with E-state index in [2.05, 4.69) is 12.2 Å². The fraction of sp³-hybridized carbons (Fsp3) is 0.231. The number of carbonyl (C=O) groups excluding carboxylic acids is 1. The summed E-state index contributed by atoms with van der Waals surface area (Å²) < 4.78 is 23.8. The summed E-state index contributed by atoms with van der Waals surface area (Å²) >= 11 is 0. The number of sulfonamides is 1. The smallest absolute Gasteiger partial charge is 0.238 e. The van der Waals surface area contributed by atoms with E-state index in [1.54, 1.807) is 48.5 Å². The van der Waals surface area contributed by atoms with Gasteiger partial charge in [0.05, 0.1) is 4.90 Å². The molecule has 8 heteroatoms. The number of hydrogen-bond donors (Lipinski definition) is 4. The third-order valence-corrected chi connectivity index (χ3v) is 6.62. The molecule has 178 valence electrons. The molecule has 0 bridgehead atoms. The lowest BCUT2D eigenvalue weighted by Gasteiger charge is -2.17. The van der Waals surface area contributed by atoms with Crippen LogP contribution in [0.15, 0.2) is 77.7 Å². The molecule has 3 rings (SSSR count). The first kappa shape index (κ1) is 25.1. The van der Waals surface area contributed by atoms with Crippen molar-refractivity contribution in [3.8, 4) is 11.1 Å². The standard InChI is InChI=1S/C26H30N4O3S/c1-2-3-8-21(17-18-7-6-9-20(16-18)25(27)28)26(31)30-22-14-12-19(13-15-22)23-10-4-5-11-24(23)34(29,32)33/h4-7,9-16,21H,2-3,8,17H2,1H3,(H3,27,28)(H,30,31)(H2,29,32,33). The van der Waals surface area contributed by atoms with Gasteiger partial charge in [0.25, 0.3) is 0 Å². The van der Waals surface area contributed by atoms with Crippen LogP contribution in [0, 0.1) is 11.3 Å². The summed E-state index contributed by atoms with van der Waals surface area (Å²) in [7, 11) is -3.86.